The minimum absolute atomic E-state index is 0. The molecule has 3 rings (SSSR count). The summed E-state index contributed by atoms with van der Waals surface area (Å²) in [5.74, 6) is -0.171. The Bertz CT molecular complexity index is 683. The molecule has 25 heavy (non-hydrogen) atoms. The van der Waals surface area contributed by atoms with E-state index >= 15 is 0 Å². The highest BCUT2D eigenvalue weighted by atomic mass is 35.5. The number of halogens is 2. The summed E-state index contributed by atoms with van der Waals surface area (Å²) in [6, 6.07) is 5.48. The summed E-state index contributed by atoms with van der Waals surface area (Å²) in [6.45, 7) is 8.81. The molecule has 2 heterocycles. The summed E-state index contributed by atoms with van der Waals surface area (Å²) in [4.78, 5) is 2.07. The topological polar surface area (TPSA) is 53.2 Å². The first-order valence-electron chi connectivity index (χ1n) is 8.41. The second-order valence-corrected chi connectivity index (χ2v) is 6.57. The number of nitrogens with one attached hydrogen (secondary N) is 2. The van der Waals surface area contributed by atoms with Crippen molar-refractivity contribution in [3.8, 4) is 0 Å². The molecular weight excluding hydrogens is 343 g/mol. The lowest BCUT2D eigenvalue weighted by Gasteiger charge is -2.37. The van der Waals surface area contributed by atoms with Gasteiger partial charge in [-0.1, -0.05) is 6.07 Å². The van der Waals surface area contributed by atoms with Gasteiger partial charge in [-0.05, 0) is 38.5 Å². The van der Waals surface area contributed by atoms with Crippen LogP contribution >= 0.6 is 12.4 Å². The van der Waals surface area contributed by atoms with E-state index in [-0.39, 0.29) is 30.4 Å². The predicted molar refractivity (Wildman–Crippen MR) is 99.7 cm³/mol. The quantitative estimate of drug-likeness (QED) is 0.851. The SMILES string of the molecule is Cc1[nH]ncc1CNCc1ccc(N2CC(C)OC(C)C2)c(F)c1.Cl. The molecule has 1 saturated heterocycles. The lowest BCUT2D eigenvalue weighted by Crippen LogP contribution is -2.45. The van der Waals surface area contributed by atoms with Gasteiger partial charge in [-0.15, -0.1) is 12.4 Å². The molecule has 2 N–H and O–H groups in total. The van der Waals surface area contributed by atoms with Crippen molar-refractivity contribution in [1.82, 2.24) is 15.5 Å². The first-order valence-corrected chi connectivity index (χ1v) is 8.41. The van der Waals surface area contributed by atoms with Gasteiger partial charge < -0.3 is 15.0 Å². The number of benzene rings is 1. The number of hydrogen-bond donors (Lipinski definition) is 2. The number of hydrogen-bond acceptors (Lipinski definition) is 4. The smallest absolute Gasteiger partial charge is 0.146 e. The number of nitrogens with zero attached hydrogens (tertiary/aromatic N) is 2. The zero-order chi connectivity index (χ0) is 17.1. The molecule has 0 saturated carbocycles. The molecule has 1 aliphatic rings. The maximum atomic E-state index is 14.5. The summed E-state index contributed by atoms with van der Waals surface area (Å²) in [7, 11) is 0. The molecule has 138 valence electrons. The van der Waals surface area contributed by atoms with Crippen molar-refractivity contribution in [3.63, 3.8) is 0 Å². The number of aromatic nitrogens is 2. The van der Waals surface area contributed by atoms with Gasteiger partial charge in [-0.25, -0.2) is 4.39 Å². The molecule has 2 aromatic rings. The van der Waals surface area contributed by atoms with Gasteiger partial charge in [0.2, 0.25) is 0 Å². The normalized spacial score (nSPS) is 20.4. The van der Waals surface area contributed by atoms with E-state index in [4.69, 9.17) is 4.74 Å². The number of aromatic amines is 1. The van der Waals surface area contributed by atoms with Crippen LogP contribution in [-0.2, 0) is 17.8 Å². The molecule has 0 aliphatic carbocycles. The van der Waals surface area contributed by atoms with E-state index in [9.17, 15) is 4.39 Å². The third-order valence-electron chi connectivity index (χ3n) is 4.35. The van der Waals surface area contributed by atoms with Crippen LogP contribution in [0.15, 0.2) is 24.4 Å². The molecule has 1 aromatic heterocycles. The Labute approximate surface area is 154 Å². The Hall–Kier alpha value is -1.63. The van der Waals surface area contributed by atoms with Crippen LogP contribution in [0.4, 0.5) is 10.1 Å². The van der Waals surface area contributed by atoms with Gasteiger partial charge in [-0.3, -0.25) is 5.10 Å². The van der Waals surface area contributed by atoms with Crippen molar-refractivity contribution in [2.45, 2.75) is 46.1 Å². The molecule has 2 unspecified atom stereocenters. The maximum absolute atomic E-state index is 14.5. The van der Waals surface area contributed by atoms with E-state index in [1.165, 1.54) is 0 Å². The molecule has 1 fully saturated rings. The molecule has 5 nitrogen and oxygen atoms in total. The van der Waals surface area contributed by atoms with Crippen LogP contribution in [0.1, 0.15) is 30.7 Å². The van der Waals surface area contributed by atoms with Gasteiger partial charge in [0, 0.05) is 37.4 Å². The monoisotopic (exact) mass is 368 g/mol. The molecular formula is C18H26ClFN4O. The highest BCUT2D eigenvalue weighted by Crippen LogP contribution is 2.24. The summed E-state index contributed by atoms with van der Waals surface area (Å²) in [5.41, 5.74) is 3.78. The Morgan fingerprint density at radius 3 is 2.60 bits per heavy atom. The van der Waals surface area contributed by atoms with Crippen molar-refractivity contribution in [1.29, 1.82) is 0 Å². The maximum Gasteiger partial charge on any atom is 0.146 e. The summed E-state index contributed by atoms with van der Waals surface area (Å²) in [6.07, 6.45) is 2.05. The fraction of sp³-hybridized carbons (Fsp3) is 0.500. The average Bonchev–Trinajstić information content (AvgIpc) is 2.92. The van der Waals surface area contributed by atoms with Crippen molar-refractivity contribution in [2.24, 2.45) is 0 Å². The highest BCUT2D eigenvalue weighted by molar-refractivity contribution is 5.85. The lowest BCUT2D eigenvalue weighted by atomic mass is 10.1. The van der Waals surface area contributed by atoms with E-state index in [1.54, 1.807) is 6.07 Å². The largest absolute Gasteiger partial charge is 0.372 e. The van der Waals surface area contributed by atoms with E-state index in [0.29, 0.717) is 18.8 Å². The minimum atomic E-state index is -0.171. The number of morpholine rings is 1. The molecule has 0 radical (unpaired) electrons. The van der Waals surface area contributed by atoms with Crippen LogP contribution in [0.2, 0.25) is 0 Å². The van der Waals surface area contributed by atoms with Gasteiger partial charge in [0.05, 0.1) is 24.1 Å². The predicted octanol–water partition coefficient (Wildman–Crippen LogP) is 3.18. The lowest BCUT2D eigenvalue weighted by molar-refractivity contribution is -0.00539. The fourth-order valence-electron chi connectivity index (χ4n) is 3.19. The molecule has 2 atom stereocenters. The van der Waals surface area contributed by atoms with E-state index in [1.807, 2.05) is 39.1 Å². The molecule has 1 aromatic carbocycles. The van der Waals surface area contributed by atoms with Gasteiger partial charge >= 0.3 is 0 Å². The van der Waals surface area contributed by atoms with Gasteiger partial charge in [0.15, 0.2) is 0 Å². The molecule has 0 bridgehead atoms. The van der Waals surface area contributed by atoms with Crippen LogP contribution in [0, 0.1) is 12.7 Å². The number of ether oxygens (including phenoxy) is 1. The molecule has 0 spiro atoms. The second kappa shape index (κ2) is 8.65. The minimum Gasteiger partial charge on any atom is -0.372 e. The van der Waals surface area contributed by atoms with Crippen LogP contribution in [0.25, 0.3) is 0 Å². The van der Waals surface area contributed by atoms with Crippen molar-refractivity contribution >= 4 is 18.1 Å². The third-order valence-corrected chi connectivity index (χ3v) is 4.35. The molecule has 1 aliphatic heterocycles. The Morgan fingerprint density at radius 2 is 2.00 bits per heavy atom. The first-order chi connectivity index (χ1) is 11.5. The molecule has 0 amide bonds. The Morgan fingerprint density at radius 1 is 1.28 bits per heavy atom. The third kappa shape index (κ3) is 4.93. The van der Waals surface area contributed by atoms with Crippen molar-refractivity contribution in [3.05, 3.63) is 47.0 Å². The van der Waals surface area contributed by atoms with E-state index in [2.05, 4.69) is 20.4 Å². The number of anilines is 1. The van der Waals surface area contributed by atoms with Crippen LogP contribution < -0.4 is 10.2 Å². The van der Waals surface area contributed by atoms with E-state index < -0.39 is 0 Å². The first kappa shape index (κ1) is 19.7. The zero-order valence-corrected chi connectivity index (χ0v) is 15.7. The fourth-order valence-corrected chi connectivity index (χ4v) is 3.19. The standard InChI is InChI=1S/C18H25FN4O.ClH/c1-12-10-23(11-13(2)24-12)18-5-4-15(6-17(18)19)7-20-8-16-9-21-22-14(16)3;/h4-6,9,12-13,20H,7-8,10-11H2,1-3H3,(H,21,22);1H. The average molecular weight is 369 g/mol. The van der Waals surface area contributed by atoms with Crippen LogP contribution in [-0.4, -0.2) is 35.5 Å². The van der Waals surface area contributed by atoms with Crippen LogP contribution in [0.5, 0.6) is 0 Å². The van der Waals surface area contributed by atoms with Crippen molar-refractivity contribution < 1.29 is 9.13 Å². The van der Waals surface area contributed by atoms with Gasteiger partial charge in [0.1, 0.15) is 5.82 Å². The summed E-state index contributed by atoms with van der Waals surface area (Å²) in [5, 5.41) is 10.2. The van der Waals surface area contributed by atoms with E-state index in [0.717, 1.165) is 29.9 Å². The summed E-state index contributed by atoms with van der Waals surface area (Å²) >= 11 is 0. The van der Waals surface area contributed by atoms with Crippen molar-refractivity contribution in [2.75, 3.05) is 18.0 Å². The van der Waals surface area contributed by atoms with Crippen LogP contribution in [0.3, 0.4) is 0 Å². The van der Waals surface area contributed by atoms with Gasteiger partial charge in [-0.2, -0.15) is 5.10 Å². The Kier molecular flexibility index (Phi) is 6.81. The number of rotatable bonds is 5. The summed E-state index contributed by atoms with van der Waals surface area (Å²) < 4.78 is 20.2. The molecule has 7 heteroatoms. The number of H-pyrrole nitrogens is 1. The number of aryl methyl sites for hydroxylation is 1. The second-order valence-electron chi connectivity index (χ2n) is 6.57. The highest BCUT2D eigenvalue weighted by Gasteiger charge is 2.24. The van der Waals surface area contributed by atoms with Gasteiger partial charge in [0.25, 0.3) is 0 Å². The Balaban J connectivity index is 0.00000225. The zero-order valence-electron chi connectivity index (χ0n) is 14.9.